The fourth-order valence-electron chi connectivity index (χ4n) is 3.33. The maximum absolute atomic E-state index is 12.9. The van der Waals surface area contributed by atoms with Gasteiger partial charge in [-0.2, -0.15) is 0 Å². The first-order valence-corrected chi connectivity index (χ1v) is 8.71. The monoisotopic (exact) mass is 363 g/mol. The van der Waals surface area contributed by atoms with E-state index in [1.807, 2.05) is 0 Å². The van der Waals surface area contributed by atoms with Crippen LogP contribution in [0.5, 0.6) is 5.75 Å². The minimum atomic E-state index is -1.15. The Morgan fingerprint density at radius 3 is 2.50 bits per heavy atom. The van der Waals surface area contributed by atoms with E-state index in [1.54, 1.807) is 38.3 Å². The molecule has 2 saturated heterocycles. The molecule has 1 aromatic rings. The summed E-state index contributed by atoms with van der Waals surface area (Å²) in [4.78, 5) is 28.4. The van der Waals surface area contributed by atoms with E-state index in [1.165, 1.54) is 0 Å². The molecule has 8 heteroatoms. The van der Waals surface area contributed by atoms with Crippen molar-refractivity contribution in [2.75, 3.05) is 46.5 Å². The largest absolute Gasteiger partial charge is 0.497 e. The highest BCUT2D eigenvalue weighted by atomic mass is 16.5. The Balaban J connectivity index is 1.67. The highest BCUT2D eigenvalue weighted by Crippen LogP contribution is 2.30. The number of hydrogen-bond acceptors (Lipinski definition) is 6. The maximum atomic E-state index is 12.9. The third kappa shape index (κ3) is 3.67. The van der Waals surface area contributed by atoms with Crippen molar-refractivity contribution in [1.29, 1.82) is 0 Å². The van der Waals surface area contributed by atoms with Crippen LogP contribution >= 0.6 is 0 Å². The van der Waals surface area contributed by atoms with Crippen LogP contribution in [0.1, 0.15) is 12.5 Å². The van der Waals surface area contributed by atoms with Gasteiger partial charge in [0.2, 0.25) is 0 Å². The number of aliphatic hydroxyl groups is 1. The van der Waals surface area contributed by atoms with Gasteiger partial charge in [0.25, 0.3) is 5.91 Å². The van der Waals surface area contributed by atoms with E-state index in [9.17, 15) is 14.7 Å². The number of amides is 3. The van der Waals surface area contributed by atoms with Gasteiger partial charge in [0.15, 0.2) is 0 Å². The summed E-state index contributed by atoms with van der Waals surface area (Å²) in [5.41, 5.74) is -0.482. The van der Waals surface area contributed by atoms with Crippen molar-refractivity contribution in [3.8, 4) is 5.75 Å². The minimum Gasteiger partial charge on any atom is -0.497 e. The van der Waals surface area contributed by atoms with Gasteiger partial charge in [0.05, 0.1) is 33.0 Å². The molecule has 142 valence electrons. The molecular formula is C18H25N3O5. The molecule has 0 radical (unpaired) electrons. The number of morpholine rings is 1. The van der Waals surface area contributed by atoms with Crippen LogP contribution in [0.2, 0.25) is 0 Å². The molecule has 2 N–H and O–H groups in total. The van der Waals surface area contributed by atoms with E-state index in [4.69, 9.17) is 9.47 Å². The van der Waals surface area contributed by atoms with Crippen LogP contribution in [0.3, 0.4) is 0 Å². The summed E-state index contributed by atoms with van der Waals surface area (Å²) in [5.74, 6) is 0.306. The SMILES string of the molecule is COc1ccc([C@]2(C)NC(=O)N(C[C@@H](O)CN3CCOCC3)C2=O)cc1. The van der Waals surface area contributed by atoms with E-state index in [0.717, 1.165) is 18.0 Å². The predicted molar refractivity (Wildman–Crippen MR) is 93.9 cm³/mol. The number of carbonyl (C=O) groups excluding carboxylic acids is 2. The van der Waals surface area contributed by atoms with Crippen LogP contribution in [0, 0.1) is 0 Å². The molecule has 26 heavy (non-hydrogen) atoms. The van der Waals surface area contributed by atoms with E-state index >= 15 is 0 Å². The molecule has 0 spiro atoms. The Kier molecular flexibility index (Phi) is 5.45. The molecule has 0 aromatic heterocycles. The Morgan fingerprint density at radius 2 is 1.88 bits per heavy atom. The van der Waals surface area contributed by atoms with Crippen molar-refractivity contribution in [3.63, 3.8) is 0 Å². The van der Waals surface area contributed by atoms with Gasteiger partial charge in [0, 0.05) is 19.6 Å². The fourth-order valence-corrected chi connectivity index (χ4v) is 3.33. The summed E-state index contributed by atoms with van der Waals surface area (Å²) in [6.45, 7) is 4.77. The molecule has 0 bridgehead atoms. The lowest BCUT2D eigenvalue weighted by molar-refractivity contribution is -0.132. The molecular weight excluding hydrogens is 338 g/mol. The molecule has 2 aliphatic rings. The number of imide groups is 1. The number of β-amino-alcohol motifs (C(OH)–C–C–N with tert-alkyl or cyclic N) is 1. The number of nitrogens with one attached hydrogen (secondary N) is 1. The smallest absolute Gasteiger partial charge is 0.325 e. The third-order valence-corrected chi connectivity index (χ3v) is 4.91. The van der Waals surface area contributed by atoms with Crippen molar-refractivity contribution in [1.82, 2.24) is 15.1 Å². The van der Waals surface area contributed by atoms with Crippen molar-refractivity contribution in [2.24, 2.45) is 0 Å². The third-order valence-electron chi connectivity index (χ3n) is 4.91. The van der Waals surface area contributed by atoms with Gasteiger partial charge in [-0.3, -0.25) is 14.6 Å². The number of aliphatic hydroxyl groups excluding tert-OH is 1. The summed E-state index contributed by atoms with van der Waals surface area (Å²) in [5, 5.41) is 13.1. The molecule has 3 amide bonds. The average Bonchev–Trinajstić information content (AvgIpc) is 2.86. The molecule has 0 unspecified atom stereocenters. The summed E-state index contributed by atoms with van der Waals surface area (Å²) >= 11 is 0. The number of ether oxygens (including phenoxy) is 2. The van der Waals surface area contributed by atoms with Gasteiger partial charge in [0.1, 0.15) is 11.3 Å². The Hall–Kier alpha value is -2.16. The zero-order valence-corrected chi connectivity index (χ0v) is 15.1. The quantitative estimate of drug-likeness (QED) is 0.700. The van der Waals surface area contributed by atoms with Gasteiger partial charge in [-0.05, 0) is 24.6 Å². The summed E-state index contributed by atoms with van der Waals surface area (Å²) < 4.78 is 10.4. The predicted octanol–water partition coefficient (Wildman–Crippen LogP) is 0.155. The molecule has 2 fully saturated rings. The van der Waals surface area contributed by atoms with Crippen LogP contribution in [-0.2, 0) is 15.1 Å². The number of nitrogens with zero attached hydrogens (tertiary/aromatic N) is 2. The van der Waals surface area contributed by atoms with Crippen LogP contribution in [-0.4, -0.2) is 79.5 Å². The Labute approximate surface area is 152 Å². The Morgan fingerprint density at radius 1 is 1.23 bits per heavy atom. The van der Waals surface area contributed by atoms with E-state index in [2.05, 4.69) is 10.2 Å². The second kappa shape index (κ2) is 7.61. The van der Waals surface area contributed by atoms with Crippen LogP contribution in [0.25, 0.3) is 0 Å². The average molecular weight is 363 g/mol. The van der Waals surface area contributed by atoms with E-state index < -0.39 is 17.7 Å². The number of carbonyl (C=O) groups is 2. The Bertz CT molecular complexity index is 659. The summed E-state index contributed by atoms with van der Waals surface area (Å²) in [6, 6.07) is 6.51. The molecule has 2 aliphatic heterocycles. The standard InChI is InChI=1S/C18H25N3O5/c1-18(13-3-5-15(25-2)6-4-13)16(23)21(17(24)19-18)12-14(22)11-20-7-9-26-10-8-20/h3-6,14,22H,7-12H2,1-2H3,(H,19,24)/t14-,18-/m0/s1. The minimum absolute atomic E-state index is 0.0340. The number of benzene rings is 1. The highest BCUT2D eigenvalue weighted by Gasteiger charge is 2.49. The molecule has 3 rings (SSSR count). The lowest BCUT2D eigenvalue weighted by Crippen LogP contribution is -2.46. The molecule has 2 heterocycles. The van der Waals surface area contributed by atoms with Crippen molar-refractivity contribution in [2.45, 2.75) is 18.6 Å². The zero-order chi connectivity index (χ0) is 18.7. The van der Waals surface area contributed by atoms with Gasteiger partial charge in [-0.1, -0.05) is 12.1 Å². The van der Waals surface area contributed by atoms with E-state index in [0.29, 0.717) is 31.1 Å². The maximum Gasteiger partial charge on any atom is 0.325 e. The molecule has 8 nitrogen and oxygen atoms in total. The first-order chi connectivity index (χ1) is 12.4. The summed E-state index contributed by atoms with van der Waals surface area (Å²) in [7, 11) is 1.57. The topological polar surface area (TPSA) is 91.3 Å². The number of methoxy groups -OCH3 is 1. The normalized spacial score (nSPS) is 25.3. The zero-order valence-electron chi connectivity index (χ0n) is 15.1. The van der Waals surface area contributed by atoms with Gasteiger partial charge in [-0.15, -0.1) is 0 Å². The van der Waals surface area contributed by atoms with Crippen LogP contribution < -0.4 is 10.1 Å². The van der Waals surface area contributed by atoms with Crippen LogP contribution in [0.15, 0.2) is 24.3 Å². The highest BCUT2D eigenvalue weighted by molar-refractivity contribution is 6.07. The second-order valence-corrected chi connectivity index (χ2v) is 6.77. The van der Waals surface area contributed by atoms with E-state index in [-0.39, 0.29) is 12.5 Å². The first-order valence-electron chi connectivity index (χ1n) is 8.71. The lowest BCUT2D eigenvalue weighted by atomic mass is 9.92. The summed E-state index contributed by atoms with van der Waals surface area (Å²) in [6.07, 6.45) is -0.805. The van der Waals surface area contributed by atoms with Gasteiger partial charge in [-0.25, -0.2) is 4.79 Å². The second-order valence-electron chi connectivity index (χ2n) is 6.77. The molecule has 1 aromatic carbocycles. The lowest BCUT2D eigenvalue weighted by Gasteiger charge is -2.29. The molecule has 2 atom stereocenters. The van der Waals surface area contributed by atoms with Crippen molar-refractivity contribution < 1.29 is 24.2 Å². The van der Waals surface area contributed by atoms with Gasteiger partial charge < -0.3 is 19.9 Å². The van der Waals surface area contributed by atoms with Gasteiger partial charge >= 0.3 is 6.03 Å². The molecule has 0 aliphatic carbocycles. The number of hydrogen-bond donors (Lipinski definition) is 2. The first kappa shape index (κ1) is 18.6. The van der Waals surface area contributed by atoms with Crippen LogP contribution in [0.4, 0.5) is 4.79 Å². The number of rotatable bonds is 6. The molecule has 0 saturated carbocycles. The fraction of sp³-hybridized carbons (Fsp3) is 0.556. The van der Waals surface area contributed by atoms with Crippen molar-refractivity contribution in [3.05, 3.63) is 29.8 Å². The van der Waals surface area contributed by atoms with Crippen molar-refractivity contribution >= 4 is 11.9 Å². The number of urea groups is 1.